The lowest BCUT2D eigenvalue weighted by atomic mass is 10.1. The number of hydrogen-bond acceptors (Lipinski definition) is 10. The molecule has 0 aromatic rings. The predicted molar refractivity (Wildman–Crippen MR) is 178 cm³/mol. The number of phosphoric acid groups is 1. The molecule has 272 valence electrons. The maximum atomic E-state index is 12.4. The number of nitrogens with zero attached hydrogens (tertiary/aromatic N) is 1. The number of allylic oxidation sites excluding steroid dienone is 3. The van der Waals surface area contributed by atoms with E-state index in [0.717, 1.165) is 44.6 Å². The Morgan fingerprint density at radius 1 is 0.745 bits per heavy atom. The molecule has 0 bridgehead atoms. The molecule has 12 nitrogen and oxygen atoms in total. The van der Waals surface area contributed by atoms with Gasteiger partial charge in [-0.1, -0.05) is 70.4 Å². The number of unbranched alkanes of at least 4 members (excludes halogenated alkanes) is 11. The fourth-order valence-corrected chi connectivity index (χ4v) is 4.98. The lowest BCUT2D eigenvalue weighted by molar-refractivity contribution is -0.870. The van der Waals surface area contributed by atoms with Gasteiger partial charge in [0.2, 0.25) is 0 Å². The molecule has 0 aliphatic heterocycles. The van der Waals surface area contributed by atoms with Gasteiger partial charge < -0.3 is 33.0 Å². The summed E-state index contributed by atoms with van der Waals surface area (Å²) in [7, 11) is 0.899. The molecule has 1 N–H and O–H groups in total. The quantitative estimate of drug-likeness (QED) is 0.0224. The zero-order valence-electron chi connectivity index (χ0n) is 29.2. The van der Waals surface area contributed by atoms with Crippen LogP contribution in [-0.4, -0.2) is 86.9 Å². The Labute approximate surface area is 282 Å². The first-order valence-electron chi connectivity index (χ1n) is 17.1. The third-order valence-corrected chi connectivity index (χ3v) is 7.98. The molecule has 0 radical (unpaired) electrons. The number of ether oxygens (including phenoxy) is 2. The van der Waals surface area contributed by atoms with E-state index in [9.17, 15) is 28.6 Å². The summed E-state index contributed by atoms with van der Waals surface area (Å²) >= 11 is 0. The van der Waals surface area contributed by atoms with Crippen molar-refractivity contribution in [3.63, 3.8) is 0 Å². The van der Waals surface area contributed by atoms with Crippen LogP contribution in [0.5, 0.6) is 0 Å². The predicted octanol–water partition coefficient (Wildman–Crippen LogP) is 6.07. The van der Waals surface area contributed by atoms with Crippen molar-refractivity contribution in [3.05, 3.63) is 24.3 Å². The second-order valence-electron chi connectivity index (χ2n) is 12.7. The number of ketones is 1. The molecule has 13 heteroatoms. The highest BCUT2D eigenvalue weighted by Crippen LogP contribution is 2.38. The zero-order valence-corrected chi connectivity index (χ0v) is 30.1. The van der Waals surface area contributed by atoms with E-state index in [-0.39, 0.29) is 32.3 Å². The largest absolute Gasteiger partial charge is 0.756 e. The lowest BCUT2D eigenvalue weighted by Gasteiger charge is -2.28. The Balaban J connectivity index is 4.50. The normalized spacial score (nSPS) is 13.9. The van der Waals surface area contributed by atoms with Crippen LogP contribution < -0.4 is 4.89 Å². The van der Waals surface area contributed by atoms with Gasteiger partial charge in [0, 0.05) is 25.3 Å². The van der Waals surface area contributed by atoms with Crippen LogP contribution in [0.4, 0.5) is 0 Å². The van der Waals surface area contributed by atoms with Crippen LogP contribution in [0.1, 0.15) is 116 Å². The molecule has 0 rings (SSSR count). The van der Waals surface area contributed by atoms with E-state index < -0.39 is 50.8 Å². The molecule has 0 saturated carbocycles. The summed E-state index contributed by atoms with van der Waals surface area (Å²) in [5.74, 6) is -2.98. The average molecular weight is 690 g/mol. The van der Waals surface area contributed by atoms with Crippen molar-refractivity contribution in [2.24, 2.45) is 0 Å². The molecule has 0 heterocycles. The molecule has 0 aromatic carbocycles. The Morgan fingerprint density at radius 2 is 1.32 bits per heavy atom. The number of carboxylic acids is 1. The number of quaternary nitrogens is 1. The van der Waals surface area contributed by atoms with Gasteiger partial charge in [-0.05, 0) is 44.6 Å². The number of rotatable bonds is 31. The highest BCUT2D eigenvalue weighted by atomic mass is 31.2. The number of carbonyl (C=O) groups is 4. The van der Waals surface area contributed by atoms with Crippen molar-refractivity contribution in [2.75, 3.05) is 47.5 Å². The van der Waals surface area contributed by atoms with Gasteiger partial charge in [0.25, 0.3) is 7.82 Å². The van der Waals surface area contributed by atoms with Crippen LogP contribution in [0.15, 0.2) is 24.3 Å². The molecular weight excluding hydrogens is 629 g/mol. The first-order chi connectivity index (χ1) is 22.2. The summed E-state index contributed by atoms with van der Waals surface area (Å²) < 4.78 is 33.0. The minimum Gasteiger partial charge on any atom is -0.756 e. The van der Waals surface area contributed by atoms with Crippen LogP contribution in [-0.2, 0) is 42.3 Å². The van der Waals surface area contributed by atoms with Crippen LogP contribution in [0.3, 0.4) is 0 Å². The summed E-state index contributed by atoms with van der Waals surface area (Å²) in [5.41, 5.74) is 0. The Bertz CT molecular complexity index is 991. The molecule has 1 unspecified atom stereocenters. The molecule has 0 aliphatic carbocycles. The van der Waals surface area contributed by atoms with Crippen molar-refractivity contribution < 1.29 is 56.7 Å². The van der Waals surface area contributed by atoms with E-state index in [1.807, 2.05) is 21.1 Å². The maximum absolute atomic E-state index is 12.4. The number of phosphoric ester groups is 1. The summed E-state index contributed by atoms with van der Waals surface area (Å²) in [5, 5.41) is 8.59. The Hall–Kier alpha value is -2.37. The molecule has 2 atom stereocenters. The fraction of sp³-hybridized carbons (Fsp3) is 0.765. The molecule has 47 heavy (non-hydrogen) atoms. The van der Waals surface area contributed by atoms with E-state index in [0.29, 0.717) is 23.5 Å². The number of carboxylic acid groups (broad SMARTS) is 1. The van der Waals surface area contributed by atoms with Crippen molar-refractivity contribution in [3.8, 4) is 0 Å². The van der Waals surface area contributed by atoms with Gasteiger partial charge in [-0.25, -0.2) is 4.79 Å². The van der Waals surface area contributed by atoms with Gasteiger partial charge in [-0.3, -0.25) is 18.9 Å². The van der Waals surface area contributed by atoms with Crippen molar-refractivity contribution in [2.45, 2.75) is 122 Å². The Morgan fingerprint density at radius 3 is 1.91 bits per heavy atom. The van der Waals surface area contributed by atoms with E-state index in [1.165, 1.54) is 38.5 Å². The summed E-state index contributed by atoms with van der Waals surface area (Å²) in [6, 6.07) is 0. The van der Waals surface area contributed by atoms with E-state index in [1.54, 1.807) is 0 Å². The summed E-state index contributed by atoms with van der Waals surface area (Å²) in [6.45, 7) is 1.51. The second kappa shape index (κ2) is 27.6. The van der Waals surface area contributed by atoms with Crippen LogP contribution in [0.2, 0.25) is 0 Å². The number of hydrogen-bond donors (Lipinski definition) is 1. The molecule has 0 fully saturated rings. The van der Waals surface area contributed by atoms with Crippen molar-refractivity contribution >= 4 is 31.5 Å². The highest BCUT2D eigenvalue weighted by molar-refractivity contribution is 7.45. The molecule has 0 aromatic heterocycles. The second-order valence-corrected chi connectivity index (χ2v) is 14.1. The average Bonchev–Trinajstić information content (AvgIpc) is 2.98. The standard InChI is InChI=1S/C34H60NO11P/c1-5-6-7-8-9-10-11-12-13-14-15-16-17-18-19-22-33(39)43-28-31(29-45-47(41,42)44-27-26-35(2,3)4)46-34(40)23-20-21-30(36)24-25-32(37)38/h12-13,24-25,31H,5-11,14-23,26-29H2,1-4H3,(H-,37,38,41,42)/b13-12-,25-24+/t31-/m1/s1. The van der Waals surface area contributed by atoms with Gasteiger partial charge in [-0.2, -0.15) is 0 Å². The third kappa shape index (κ3) is 32.0. The maximum Gasteiger partial charge on any atom is 0.328 e. The van der Waals surface area contributed by atoms with E-state index in [4.69, 9.17) is 23.6 Å². The van der Waals surface area contributed by atoms with Gasteiger partial charge in [0.15, 0.2) is 11.9 Å². The molecule has 0 spiro atoms. The van der Waals surface area contributed by atoms with E-state index >= 15 is 0 Å². The Kier molecular flexibility index (Phi) is 26.2. The fourth-order valence-electron chi connectivity index (χ4n) is 4.25. The van der Waals surface area contributed by atoms with Gasteiger partial charge >= 0.3 is 17.9 Å². The molecule has 0 amide bonds. The summed E-state index contributed by atoms with van der Waals surface area (Å²) in [6.07, 6.45) is 19.7. The highest BCUT2D eigenvalue weighted by Gasteiger charge is 2.22. The van der Waals surface area contributed by atoms with Crippen LogP contribution >= 0.6 is 7.82 Å². The number of esters is 2. The monoisotopic (exact) mass is 689 g/mol. The van der Waals surface area contributed by atoms with Gasteiger partial charge in [0.05, 0.1) is 27.7 Å². The smallest absolute Gasteiger partial charge is 0.328 e. The zero-order chi connectivity index (χ0) is 35.4. The van der Waals surface area contributed by atoms with Crippen LogP contribution in [0.25, 0.3) is 0 Å². The SMILES string of the molecule is CCCCCCCC/C=C\CCCCCCCC(=O)OC[C@H](COP(=O)([O-])OCC[N+](C)(C)C)OC(=O)CCCC(=O)/C=C/C(=O)O. The first-order valence-corrected chi connectivity index (χ1v) is 18.5. The molecule has 0 saturated heterocycles. The first kappa shape index (κ1) is 44.6. The summed E-state index contributed by atoms with van der Waals surface area (Å²) in [4.78, 5) is 59.1. The lowest BCUT2D eigenvalue weighted by Crippen LogP contribution is -2.37. The van der Waals surface area contributed by atoms with Crippen molar-refractivity contribution in [1.29, 1.82) is 0 Å². The minimum atomic E-state index is -4.72. The molecule has 0 aliphatic rings. The number of aliphatic carboxylic acids is 1. The van der Waals surface area contributed by atoms with Gasteiger partial charge in [0.1, 0.15) is 19.8 Å². The van der Waals surface area contributed by atoms with Gasteiger partial charge in [-0.15, -0.1) is 0 Å². The third-order valence-electron chi connectivity index (χ3n) is 7.02. The number of likely N-dealkylation sites (N-methyl/N-ethyl adjacent to an activating group) is 1. The van der Waals surface area contributed by atoms with Crippen LogP contribution in [0, 0.1) is 0 Å². The number of carbonyl (C=O) groups excluding carboxylic acids is 3. The topological polar surface area (TPSA) is 166 Å². The van der Waals surface area contributed by atoms with Crippen molar-refractivity contribution in [1.82, 2.24) is 0 Å². The van der Waals surface area contributed by atoms with E-state index in [2.05, 4.69) is 19.1 Å². The minimum absolute atomic E-state index is 0.0820. The molecular formula is C34H60NO11P.